The highest BCUT2D eigenvalue weighted by Crippen LogP contribution is 2.34. The van der Waals surface area contributed by atoms with Gasteiger partial charge in [-0.05, 0) is 35.9 Å². The highest BCUT2D eigenvalue weighted by atomic mass is 16.7. The molecule has 0 spiro atoms. The average Bonchev–Trinajstić information content (AvgIpc) is 3.25. The Balaban J connectivity index is 1.28. The third-order valence-electron chi connectivity index (χ3n) is 4.31. The first kappa shape index (κ1) is 19.3. The number of anilines is 1. The van der Waals surface area contributed by atoms with Crippen LogP contribution in [-0.2, 0) is 16.1 Å². The van der Waals surface area contributed by atoms with Gasteiger partial charge in [-0.3, -0.25) is 4.79 Å². The lowest BCUT2D eigenvalue weighted by atomic mass is 10.2. The molecule has 3 aromatic carbocycles. The van der Waals surface area contributed by atoms with E-state index in [-0.39, 0.29) is 6.79 Å². The number of amides is 1. The molecule has 0 aromatic heterocycles. The molecule has 1 heterocycles. The first-order valence-electron chi connectivity index (χ1n) is 9.31. The summed E-state index contributed by atoms with van der Waals surface area (Å²) in [5.74, 6) is 0.642. The van der Waals surface area contributed by atoms with Crippen molar-refractivity contribution in [1.29, 1.82) is 0 Å². The second kappa shape index (κ2) is 9.00. The van der Waals surface area contributed by atoms with Crippen LogP contribution in [0.2, 0.25) is 0 Å². The number of esters is 1. The second-order valence-corrected chi connectivity index (χ2v) is 6.49. The van der Waals surface area contributed by atoms with Crippen molar-refractivity contribution in [3.8, 4) is 17.2 Å². The molecule has 0 bridgehead atoms. The van der Waals surface area contributed by atoms with Crippen molar-refractivity contribution in [3.05, 3.63) is 83.9 Å². The molecule has 1 N–H and O–H groups in total. The van der Waals surface area contributed by atoms with Crippen molar-refractivity contribution >= 4 is 17.6 Å². The molecule has 3 aromatic rings. The molecule has 0 aliphatic carbocycles. The Morgan fingerprint density at radius 2 is 1.73 bits per heavy atom. The van der Waals surface area contributed by atoms with Crippen molar-refractivity contribution in [2.24, 2.45) is 0 Å². The van der Waals surface area contributed by atoms with E-state index in [2.05, 4.69) is 5.32 Å². The number of ether oxygens (including phenoxy) is 4. The summed E-state index contributed by atoms with van der Waals surface area (Å²) in [5.41, 5.74) is 1.85. The van der Waals surface area contributed by atoms with Gasteiger partial charge in [0.15, 0.2) is 18.1 Å². The topological polar surface area (TPSA) is 83.1 Å². The number of carbonyl (C=O) groups is 2. The zero-order chi connectivity index (χ0) is 20.8. The van der Waals surface area contributed by atoms with E-state index in [4.69, 9.17) is 18.9 Å². The quantitative estimate of drug-likeness (QED) is 0.602. The Hall–Kier alpha value is -4.00. The third-order valence-corrected chi connectivity index (χ3v) is 4.31. The summed E-state index contributed by atoms with van der Waals surface area (Å²) in [5, 5.41) is 2.65. The number of fused-ring (bicyclic) bond motifs is 1. The van der Waals surface area contributed by atoms with Crippen molar-refractivity contribution in [3.63, 3.8) is 0 Å². The van der Waals surface area contributed by atoms with Crippen LogP contribution >= 0.6 is 0 Å². The van der Waals surface area contributed by atoms with Gasteiger partial charge in [-0.1, -0.05) is 36.4 Å². The fourth-order valence-electron chi connectivity index (χ4n) is 2.84. The van der Waals surface area contributed by atoms with Crippen molar-refractivity contribution in [2.45, 2.75) is 6.61 Å². The smallest absolute Gasteiger partial charge is 0.338 e. The number of carbonyl (C=O) groups excluding carboxylic acids is 2. The number of benzene rings is 3. The SMILES string of the molecule is O=C(COC(=O)c1cccc(OCc2ccccc2)c1)Nc1ccc2c(c1)OCO2. The van der Waals surface area contributed by atoms with E-state index in [1.807, 2.05) is 30.3 Å². The number of hydrogen-bond donors (Lipinski definition) is 1. The molecule has 0 saturated heterocycles. The predicted octanol–water partition coefficient (Wildman–Crippen LogP) is 3.79. The molecule has 0 atom stereocenters. The zero-order valence-corrected chi connectivity index (χ0v) is 16.0. The average molecular weight is 405 g/mol. The lowest BCUT2D eigenvalue weighted by Gasteiger charge is -2.09. The lowest BCUT2D eigenvalue weighted by Crippen LogP contribution is -2.20. The van der Waals surface area contributed by atoms with Crippen LogP contribution < -0.4 is 19.5 Å². The Morgan fingerprint density at radius 3 is 2.60 bits per heavy atom. The Kier molecular flexibility index (Phi) is 5.80. The van der Waals surface area contributed by atoms with Crippen LogP contribution in [0.15, 0.2) is 72.8 Å². The van der Waals surface area contributed by atoms with Gasteiger partial charge in [-0.2, -0.15) is 0 Å². The van der Waals surface area contributed by atoms with Gasteiger partial charge in [0.2, 0.25) is 6.79 Å². The number of hydrogen-bond acceptors (Lipinski definition) is 6. The van der Waals surface area contributed by atoms with Crippen LogP contribution in [0.4, 0.5) is 5.69 Å². The van der Waals surface area contributed by atoms with E-state index < -0.39 is 18.5 Å². The Labute approximate surface area is 173 Å². The fraction of sp³-hybridized carbons (Fsp3) is 0.130. The van der Waals surface area contributed by atoms with Crippen LogP contribution in [0.25, 0.3) is 0 Å². The van der Waals surface area contributed by atoms with E-state index in [0.29, 0.717) is 35.1 Å². The first-order valence-corrected chi connectivity index (χ1v) is 9.31. The van der Waals surface area contributed by atoms with Crippen molar-refractivity contribution < 1.29 is 28.5 Å². The first-order chi connectivity index (χ1) is 14.7. The predicted molar refractivity (Wildman–Crippen MR) is 109 cm³/mol. The minimum Gasteiger partial charge on any atom is -0.489 e. The summed E-state index contributed by atoms with van der Waals surface area (Å²) < 4.78 is 21.3. The Morgan fingerprint density at radius 1 is 0.900 bits per heavy atom. The molecule has 7 nitrogen and oxygen atoms in total. The van der Waals surface area contributed by atoms with E-state index in [9.17, 15) is 9.59 Å². The largest absolute Gasteiger partial charge is 0.489 e. The maximum atomic E-state index is 12.3. The summed E-state index contributed by atoms with van der Waals surface area (Å²) in [4.78, 5) is 24.4. The summed E-state index contributed by atoms with van der Waals surface area (Å²) in [7, 11) is 0. The highest BCUT2D eigenvalue weighted by molar-refractivity contribution is 5.95. The summed E-state index contributed by atoms with van der Waals surface area (Å²) in [6.45, 7) is 0.123. The second-order valence-electron chi connectivity index (χ2n) is 6.49. The molecular formula is C23H19NO6. The van der Waals surface area contributed by atoms with Crippen LogP contribution in [-0.4, -0.2) is 25.3 Å². The molecule has 1 amide bonds. The minimum atomic E-state index is -0.610. The van der Waals surface area contributed by atoms with Gasteiger partial charge in [-0.15, -0.1) is 0 Å². The normalized spacial score (nSPS) is 11.6. The molecule has 1 aliphatic heterocycles. The van der Waals surface area contributed by atoms with E-state index in [1.54, 1.807) is 42.5 Å². The molecule has 0 fully saturated rings. The van der Waals surface area contributed by atoms with Gasteiger partial charge in [-0.25, -0.2) is 4.79 Å². The van der Waals surface area contributed by atoms with Gasteiger partial charge < -0.3 is 24.3 Å². The minimum absolute atomic E-state index is 0.151. The summed E-state index contributed by atoms with van der Waals surface area (Å²) in [6, 6.07) is 21.4. The molecule has 4 rings (SSSR count). The van der Waals surface area contributed by atoms with Gasteiger partial charge in [0, 0.05) is 11.8 Å². The molecule has 0 saturated carbocycles. The molecule has 30 heavy (non-hydrogen) atoms. The fourth-order valence-corrected chi connectivity index (χ4v) is 2.84. The maximum Gasteiger partial charge on any atom is 0.338 e. The summed E-state index contributed by atoms with van der Waals surface area (Å²) in [6.07, 6.45) is 0. The van der Waals surface area contributed by atoms with Crippen LogP contribution in [0.1, 0.15) is 15.9 Å². The van der Waals surface area contributed by atoms with Gasteiger partial charge >= 0.3 is 5.97 Å². The molecule has 1 aliphatic rings. The number of nitrogens with one attached hydrogen (secondary N) is 1. The molecule has 152 valence electrons. The highest BCUT2D eigenvalue weighted by Gasteiger charge is 2.15. The van der Waals surface area contributed by atoms with E-state index in [0.717, 1.165) is 5.56 Å². The molecular weight excluding hydrogens is 386 g/mol. The zero-order valence-electron chi connectivity index (χ0n) is 16.0. The standard InChI is InChI=1S/C23H19NO6/c25-22(24-18-9-10-20-21(12-18)30-15-29-20)14-28-23(26)17-7-4-8-19(11-17)27-13-16-5-2-1-3-6-16/h1-12H,13-15H2,(H,24,25). The molecule has 7 heteroatoms. The maximum absolute atomic E-state index is 12.3. The van der Waals surface area contributed by atoms with E-state index in [1.165, 1.54) is 0 Å². The van der Waals surface area contributed by atoms with E-state index >= 15 is 0 Å². The molecule has 0 unspecified atom stereocenters. The lowest BCUT2D eigenvalue weighted by molar-refractivity contribution is -0.119. The van der Waals surface area contributed by atoms with Crippen LogP contribution in [0, 0.1) is 0 Å². The van der Waals surface area contributed by atoms with Gasteiger partial charge in [0.05, 0.1) is 5.56 Å². The molecule has 0 radical (unpaired) electrons. The van der Waals surface area contributed by atoms with Gasteiger partial charge in [0.1, 0.15) is 12.4 Å². The van der Waals surface area contributed by atoms with Crippen molar-refractivity contribution in [2.75, 3.05) is 18.7 Å². The van der Waals surface area contributed by atoms with Crippen LogP contribution in [0.3, 0.4) is 0 Å². The monoisotopic (exact) mass is 405 g/mol. The van der Waals surface area contributed by atoms with Crippen LogP contribution in [0.5, 0.6) is 17.2 Å². The number of rotatable bonds is 7. The van der Waals surface area contributed by atoms with Crippen molar-refractivity contribution in [1.82, 2.24) is 0 Å². The third kappa shape index (κ3) is 4.88. The Bertz CT molecular complexity index is 1050. The summed E-state index contributed by atoms with van der Waals surface area (Å²) >= 11 is 0. The van der Waals surface area contributed by atoms with Gasteiger partial charge in [0.25, 0.3) is 5.91 Å².